The van der Waals surface area contributed by atoms with Crippen molar-refractivity contribution in [2.24, 2.45) is 0 Å². The molecule has 0 aromatic carbocycles. The minimum absolute atomic E-state index is 0.450. The third kappa shape index (κ3) is 13.4. The van der Waals surface area contributed by atoms with Gasteiger partial charge in [0, 0.05) is 19.3 Å². The molecule has 0 amide bonds. The van der Waals surface area contributed by atoms with Crippen molar-refractivity contribution in [3.05, 3.63) is 0 Å². The number of carbonyl (C=O) groups is 2. The molecule has 0 aliphatic carbocycles. The lowest BCUT2D eigenvalue weighted by Crippen LogP contribution is -1.96. The third-order valence-electron chi connectivity index (χ3n) is 3.34. The van der Waals surface area contributed by atoms with E-state index < -0.39 is 0 Å². The maximum Gasteiger partial charge on any atom is 0.132 e. The second-order valence-corrected chi connectivity index (χ2v) is 5.18. The zero-order valence-corrected chi connectivity index (χ0v) is 12.1. The average molecular weight is 254 g/mol. The molecule has 0 spiro atoms. The Bertz CT molecular complexity index is 199. The van der Waals surface area contributed by atoms with Gasteiger partial charge in [-0.25, -0.2) is 0 Å². The van der Waals surface area contributed by atoms with Crippen molar-refractivity contribution in [3.8, 4) is 0 Å². The van der Waals surface area contributed by atoms with E-state index in [0.717, 1.165) is 51.2 Å². The molecule has 0 N–H and O–H groups in total. The molecule has 0 fully saturated rings. The van der Waals surface area contributed by atoms with Crippen LogP contribution in [-0.4, -0.2) is 12.1 Å². The minimum atomic E-state index is 0.450. The molecule has 0 unspecified atom stereocenters. The van der Waals surface area contributed by atoms with Crippen molar-refractivity contribution in [2.75, 3.05) is 0 Å². The van der Waals surface area contributed by atoms with Gasteiger partial charge in [-0.15, -0.1) is 0 Å². The zero-order chi connectivity index (χ0) is 13.5. The molecule has 0 rings (SSSR count). The first kappa shape index (κ1) is 17.3. The second kappa shape index (κ2) is 14.4. The second-order valence-electron chi connectivity index (χ2n) is 5.18. The highest BCUT2D eigenvalue weighted by atomic mass is 16.1. The summed E-state index contributed by atoms with van der Waals surface area (Å²) in [6, 6.07) is 0. The molecule has 0 aliphatic rings. The first-order valence-corrected chi connectivity index (χ1v) is 7.76. The summed E-state index contributed by atoms with van der Waals surface area (Å²) >= 11 is 0. The third-order valence-corrected chi connectivity index (χ3v) is 3.34. The molecule has 0 saturated heterocycles. The van der Waals surface area contributed by atoms with E-state index in [0.29, 0.717) is 5.78 Å². The number of rotatable bonds is 14. The molecular formula is C16H30O2. The molecular weight excluding hydrogens is 224 g/mol. The lowest BCUT2D eigenvalue weighted by molar-refractivity contribution is -0.119. The minimum Gasteiger partial charge on any atom is -0.303 e. The summed E-state index contributed by atoms with van der Waals surface area (Å²) in [6.45, 7) is 2.13. The fourth-order valence-electron chi connectivity index (χ4n) is 2.11. The van der Waals surface area contributed by atoms with Crippen LogP contribution in [0.15, 0.2) is 0 Å². The number of hydrogen-bond acceptors (Lipinski definition) is 2. The van der Waals surface area contributed by atoms with Gasteiger partial charge in [0.15, 0.2) is 0 Å². The number of ketones is 1. The Balaban J connectivity index is 3.06. The summed E-state index contributed by atoms with van der Waals surface area (Å²) < 4.78 is 0. The van der Waals surface area contributed by atoms with Crippen LogP contribution < -0.4 is 0 Å². The molecule has 0 atom stereocenters. The SMILES string of the molecule is CCCCC(=O)CCCCCCCCCCC=O. The fourth-order valence-corrected chi connectivity index (χ4v) is 2.11. The van der Waals surface area contributed by atoms with Gasteiger partial charge in [0.1, 0.15) is 12.1 Å². The Kier molecular flexibility index (Phi) is 13.9. The van der Waals surface area contributed by atoms with Crippen molar-refractivity contribution < 1.29 is 9.59 Å². The monoisotopic (exact) mass is 254 g/mol. The predicted molar refractivity (Wildman–Crippen MR) is 76.8 cm³/mol. The van der Waals surface area contributed by atoms with Gasteiger partial charge in [-0.05, 0) is 19.3 Å². The Hall–Kier alpha value is -0.660. The van der Waals surface area contributed by atoms with Gasteiger partial charge in [-0.2, -0.15) is 0 Å². The summed E-state index contributed by atoms with van der Waals surface area (Å²) in [5.41, 5.74) is 0. The number of unbranched alkanes of at least 4 members (excludes halogenated alkanes) is 9. The standard InChI is InChI=1S/C16H30O2/c1-2-3-13-16(18)14-11-9-7-5-4-6-8-10-12-15-17/h15H,2-14H2,1H3. The Morgan fingerprint density at radius 1 is 0.778 bits per heavy atom. The van der Waals surface area contributed by atoms with E-state index in [4.69, 9.17) is 0 Å². The summed E-state index contributed by atoms with van der Waals surface area (Å²) in [5.74, 6) is 0.450. The van der Waals surface area contributed by atoms with Crippen LogP contribution in [0.5, 0.6) is 0 Å². The van der Waals surface area contributed by atoms with E-state index in [1.54, 1.807) is 0 Å². The van der Waals surface area contributed by atoms with E-state index in [-0.39, 0.29) is 0 Å². The van der Waals surface area contributed by atoms with Gasteiger partial charge < -0.3 is 4.79 Å². The fraction of sp³-hybridized carbons (Fsp3) is 0.875. The predicted octanol–water partition coefficient (Wildman–Crippen LogP) is 4.85. The molecule has 0 radical (unpaired) electrons. The van der Waals surface area contributed by atoms with Gasteiger partial charge in [-0.3, -0.25) is 4.79 Å². The van der Waals surface area contributed by atoms with E-state index in [1.165, 1.54) is 38.5 Å². The van der Waals surface area contributed by atoms with Gasteiger partial charge in [-0.1, -0.05) is 51.9 Å². The lowest BCUT2D eigenvalue weighted by atomic mass is 10.0. The number of hydrogen-bond donors (Lipinski definition) is 0. The molecule has 0 aromatic heterocycles. The van der Waals surface area contributed by atoms with Crippen molar-refractivity contribution in [2.45, 2.75) is 90.4 Å². The normalized spacial score (nSPS) is 10.5. The molecule has 0 bridgehead atoms. The van der Waals surface area contributed by atoms with Gasteiger partial charge in [0.25, 0.3) is 0 Å². The summed E-state index contributed by atoms with van der Waals surface area (Å²) in [5, 5.41) is 0. The van der Waals surface area contributed by atoms with Crippen LogP contribution in [0.25, 0.3) is 0 Å². The molecule has 106 valence electrons. The molecule has 0 saturated carbocycles. The smallest absolute Gasteiger partial charge is 0.132 e. The maximum atomic E-state index is 11.4. The quantitative estimate of drug-likeness (QED) is 0.328. The summed E-state index contributed by atoms with van der Waals surface area (Å²) in [6.07, 6.45) is 15.1. The van der Waals surface area contributed by atoms with E-state index in [2.05, 4.69) is 6.92 Å². The van der Waals surface area contributed by atoms with Gasteiger partial charge in [0.2, 0.25) is 0 Å². The van der Waals surface area contributed by atoms with Crippen molar-refractivity contribution >= 4 is 12.1 Å². The van der Waals surface area contributed by atoms with Crippen LogP contribution in [0.1, 0.15) is 90.4 Å². The summed E-state index contributed by atoms with van der Waals surface area (Å²) in [4.78, 5) is 21.5. The average Bonchev–Trinajstić information content (AvgIpc) is 2.38. The van der Waals surface area contributed by atoms with E-state index in [1.807, 2.05) is 0 Å². The molecule has 0 aromatic rings. The first-order chi connectivity index (χ1) is 8.81. The molecule has 18 heavy (non-hydrogen) atoms. The van der Waals surface area contributed by atoms with Crippen LogP contribution in [0, 0.1) is 0 Å². The highest BCUT2D eigenvalue weighted by Gasteiger charge is 2.00. The van der Waals surface area contributed by atoms with Crippen molar-refractivity contribution in [1.29, 1.82) is 0 Å². The summed E-state index contributed by atoms with van der Waals surface area (Å²) in [7, 11) is 0. The van der Waals surface area contributed by atoms with E-state index >= 15 is 0 Å². The molecule has 0 heterocycles. The largest absolute Gasteiger partial charge is 0.303 e. The molecule has 0 aliphatic heterocycles. The van der Waals surface area contributed by atoms with Crippen molar-refractivity contribution in [1.82, 2.24) is 0 Å². The topological polar surface area (TPSA) is 34.1 Å². The highest BCUT2D eigenvalue weighted by molar-refractivity contribution is 5.78. The van der Waals surface area contributed by atoms with E-state index in [9.17, 15) is 9.59 Å². The maximum absolute atomic E-state index is 11.4. The highest BCUT2D eigenvalue weighted by Crippen LogP contribution is 2.11. The Morgan fingerprint density at radius 2 is 1.28 bits per heavy atom. The lowest BCUT2D eigenvalue weighted by Gasteiger charge is -2.02. The van der Waals surface area contributed by atoms with Crippen LogP contribution in [-0.2, 0) is 9.59 Å². The van der Waals surface area contributed by atoms with Crippen LogP contribution in [0.4, 0.5) is 0 Å². The zero-order valence-electron chi connectivity index (χ0n) is 12.1. The van der Waals surface area contributed by atoms with Crippen LogP contribution >= 0.6 is 0 Å². The van der Waals surface area contributed by atoms with Crippen LogP contribution in [0.2, 0.25) is 0 Å². The van der Waals surface area contributed by atoms with Crippen molar-refractivity contribution in [3.63, 3.8) is 0 Å². The number of aldehydes is 1. The van der Waals surface area contributed by atoms with Gasteiger partial charge in [0.05, 0.1) is 0 Å². The number of carbonyl (C=O) groups excluding carboxylic acids is 2. The molecule has 2 heteroatoms. The Morgan fingerprint density at radius 3 is 1.83 bits per heavy atom. The Labute approximate surface area is 113 Å². The number of Topliss-reactive ketones (excluding diaryl/α,β-unsaturated/α-hetero) is 1. The molecule has 2 nitrogen and oxygen atoms in total. The first-order valence-electron chi connectivity index (χ1n) is 7.76. The van der Waals surface area contributed by atoms with Crippen LogP contribution in [0.3, 0.4) is 0 Å². The van der Waals surface area contributed by atoms with Gasteiger partial charge >= 0.3 is 0 Å².